The van der Waals surface area contributed by atoms with Gasteiger partial charge < -0.3 is 10.6 Å². The van der Waals surface area contributed by atoms with Crippen molar-refractivity contribution in [2.45, 2.75) is 53.1 Å². The van der Waals surface area contributed by atoms with Gasteiger partial charge in [-0.15, -0.1) is 0 Å². The van der Waals surface area contributed by atoms with Crippen molar-refractivity contribution in [1.29, 1.82) is 0 Å². The van der Waals surface area contributed by atoms with Crippen LogP contribution in [0.3, 0.4) is 0 Å². The molecule has 2 aromatic rings. The van der Waals surface area contributed by atoms with Crippen LogP contribution in [0.1, 0.15) is 44.1 Å². The lowest BCUT2D eigenvalue weighted by molar-refractivity contribution is 0.570. The number of guanidine groups is 1. The van der Waals surface area contributed by atoms with E-state index in [1.54, 1.807) is 0 Å². The lowest BCUT2D eigenvalue weighted by atomic mass is 10.1. The highest BCUT2D eigenvalue weighted by Gasteiger charge is 2.13. The fourth-order valence-corrected chi connectivity index (χ4v) is 2.95. The van der Waals surface area contributed by atoms with Crippen molar-refractivity contribution < 1.29 is 0 Å². The number of hydrogen-bond donors (Lipinski definition) is 2. The SMILES string of the molecule is CCNC(=NCc1c(CC)nn(C)c1CC)NCCCn1cccn1. The summed E-state index contributed by atoms with van der Waals surface area (Å²) in [6.45, 7) is 9.67. The van der Waals surface area contributed by atoms with Crippen LogP contribution in [-0.2, 0) is 33.0 Å². The van der Waals surface area contributed by atoms with Gasteiger partial charge in [0.2, 0.25) is 0 Å². The standard InChI is InChI=1S/C18H31N7/c1-5-16-15(17(6-2)24(4)23-16)14-21-18(19-7-3)20-10-8-12-25-13-9-11-22-25/h9,11,13H,5-8,10,12,14H2,1-4H3,(H2,19,20,21). The topological polar surface area (TPSA) is 72.1 Å². The van der Waals surface area contributed by atoms with E-state index in [-0.39, 0.29) is 0 Å². The molecule has 0 aliphatic heterocycles. The Morgan fingerprint density at radius 1 is 1.20 bits per heavy atom. The van der Waals surface area contributed by atoms with Gasteiger partial charge in [0.05, 0.1) is 12.2 Å². The Bertz CT molecular complexity index is 655. The first kappa shape index (κ1) is 19.0. The molecule has 0 fully saturated rings. The van der Waals surface area contributed by atoms with Crippen LogP contribution in [0.2, 0.25) is 0 Å². The predicted molar refractivity (Wildman–Crippen MR) is 102 cm³/mol. The van der Waals surface area contributed by atoms with Crippen molar-refractivity contribution in [2.24, 2.45) is 12.0 Å². The van der Waals surface area contributed by atoms with Crippen LogP contribution in [0.5, 0.6) is 0 Å². The van der Waals surface area contributed by atoms with Crippen molar-refractivity contribution in [3.63, 3.8) is 0 Å². The lowest BCUT2D eigenvalue weighted by Crippen LogP contribution is -2.38. The van der Waals surface area contributed by atoms with Crippen LogP contribution in [0, 0.1) is 0 Å². The third kappa shape index (κ3) is 5.34. The maximum Gasteiger partial charge on any atom is 0.191 e. The Balaban J connectivity index is 1.94. The summed E-state index contributed by atoms with van der Waals surface area (Å²) >= 11 is 0. The third-order valence-electron chi connectivity index (χ3n) is 4.18. The van der Waals surface area contributed by atoms with Gasteiger partial charge in [-0.1, -0.05) is 13.8 Å². The minimum absolute atomic E-state index is 0.661. The number of aliphatic imine (C=N–C) groups is 1. The van der Waals surface area contributed by atoms with Gasteiger partial charge in [-0.05, 0) is 32.3 Å². The second-order valence-corrected chi connectivity index (χ2v) is 5.95. The number of aryl methyl sites for hydroxylation is 3. The van der Waals surface area contributed by atoms with E-state index in [2.05, 4.69) is 41.6 Å². The Morgan fingerprint density at radius 2 is 2.04 bits per heavy atom. The Labute approximate surface area is 150 Å². The fourth-order valence-electron chi connectivity index (χ4n) is 2.95. The molecule has 7 nitrogen and oxygen atoms in total. The smallest absolute Gasteiger partial charge is 0.191 e. The van der Waals surface area contributed by atoms with Gasteiger partial charge in [0.25, 0.3) is 0 Å². The summed E-state index contributed by atoms with van der Waals surface area (Å²) in [5, 5.41) is 15.6. The zero-order valence-electron chi connectivity index (χ0n) is 15.9. The molecule has 0 aliphatic carbocycles. The number of hydrogen-bond acceptors (Lipinski definition) is 3. The monoisotopic (exact) mass is 345 g/mol. The molecule has 0 aliphatic rings. The molecular weight excluding hydrogens is 314 g/mol. The molecule has 2 N–H and O–H groups in total. The maximum absolute atomic E-state index is 4.77. The number of aromatic nitrogens is 4. The summed E-state index contributed by atoms with van der Waals surface area (Å²) in [6, 6.07) is 1.95. The summed E-state index contributed by atoms with van der Waals surface area (Å²) in [4.78, 5) is 4.77. The number of rotatable bonds is 9. The zero-order valence-corrected chi connectivity index (χ0v) is 15.9. The normalized spacial score (nSPS) is 11.8. The Hall–Kier alpha value is -2.31. The minimum Gasteiger partial charge on any atom is -0.357 e. The Kier molecular flexibility index (Phi) is 7.50. The van der Waals surface area contributed by atoms with Crippen molar-refractivity contribution in [3.05, 3.63) is 35.4 Å². The van der Waals surface area contributed by atoms with Gasteiger partial charge in [-0.3, -0.25) is 9.36 Å². The van der Waals surface area contributed by atoms with E-state index in [9.17, 15) is 0 Å². The molecule has 0 bridgehead atoms. The first-order valence-electron chi connectivity index (χ1n) is 9.22. The van der Waals surface area contributed by atoms with E-state index >= 15 is 0 Å². The molecular formula is C18H31N7. The van der Waals surface area contributed by atoms with Crippen LogP contribution in [0.25, 0.3) is 0 Å². The van der Waals surface area contributed by atoms with E-state index < -0.39 is 0 Å². The van der Waals surface area contributed by atoms with E-state index in [0.29, 0.717) is 6.54 Å². The maximum atomic E-state index is 4.77. The van der Waals surface area contributed by atoms with E-state index in [0.717, 1.165) is 50.6 Å². The summed E-state index contributed by atoms with van der Waals surface area (Å²) < 4.78 is 3.94. The average molecular weight is 345 g/mol. The molecule has 0 atom stereocenters. The van der Waals surface area contributed by atoms with Crippen LogP contribution in [-0.4, -0.2) is 38.6 Å². The molecule has 2 heterocycles. The van der Waals surface area contributed by atoms with Gasteiger partial charge >= 0.3 is 0 Å². The molecule has 0 amide bonds. The lowest BCUT2D eigenvalue weighted by Gasteiger charge is -2.11. The van der Waals surface area contributed by atoms with Crippen molar-refractivity contribution >= 4 is 5.96 Å². The predicted octanol–water partition coefficient (Wildman–Crippen LogP) is 1.89. The molecule has 2 aromatic heterocycles. The highest BCUT2D eigenvalue weighted by atomic mass is 15.3. The highest BCUT2D eigenvalue weighted by molar-refractivity contribution is 5.79. The third-order valence-corrected chi connectivity index (χ3v) is 4.18. The molecule has 0 saturated heterocycles. The Morgan fingerprint density at radius 3 is 2.68 bits per heavy atom. The molecule has 2 rings (SSSR count). The largest absolute Gasteiger partial charge is 0.357 e. The molecule has 0 unspecified atom stereocenters. The molecule has 25 heavy (non-hydrogen) atoms. The molecule has 0 saturated carbocycles. The van der Waals surface area contributed by atoms with Crippen LogP contribution >= 0.6 is 0 Å². The van der Waals surface area contributed by atoms with E-state index in [4.69, 9.17) is 4.99 Å². The first-order chi connectivity index (χ1) is 12.2. The molecule has 0 spiro atoms. The summed E-state index contributed by atoms with van der Waals surface area (Å²) in [5.74, 6) is 0.857. The van der Waals surface area contributed by atoms with Gasteiger partial charge in [-0.25, -0.2) is 4.99 Å². The van der Waals surface area contributed by atoms with Crippen LogP contribution in [0.4, 0.5) is 0 Å². The van der Waals surface area contributed by atoms with Crippen LogP contribution in [0.15, 0.2) is 23.5 Å². The van der Waals surface area contributed by atoms with Gasteiger partial charge in [0.15, 0.2) is 5.96 Å². The highest BCUT2D eigenvalue weighted by Crippen LogP contribution is 2.16. The van der Waals surface area contributed by atoms with Crippen molar-refractivity contribution in [2.75, 3.05) is 13.1 Å². The van der Waals surface area contributed by atoms with Gasteiger partial charge in [-0.2, -0.15) is 10.2 Å². The summed E-state index contributed by atoms with van der Waals surface area (Å²) in [5.41, 5.74) is 3.69. The van der Waals surface area contributed by atoms with Crippen LogP contribution < -0.4 is 10.6 Å². The van der Waals surface area contributed by atoms with E-state index in [1.165, 1.54) is 11.3 Å². The summed E-state index contributed by atoms with van der Waals surface area (Å²) in [7, 11) is 2.02. The summed E-state index contributed by atoms with van der Waals surface area (Å²) in [6.07, 6.45) is 6.71. The number of nitrogens with one attached hydrogen (secondary N) is 2. The average Bonchev–Trinajstić information content (AvgIpc) is 3.23. The second kappa shape index (κ2) is 9.86. The fraction of sp³-hybridized carbons (Fsp3) is 0.611. The molecule has 138 valence electrons. The number of nitrogens with zero attached hydrogens (tertiary/aromatic N) is 5. The second-order valence-electron chi connectivity index (χ2n) is 5.95. The molecule has 0 aromatic carbocycles. The molecule has 0 radical (unpaired) electrons. The van der Waals surface area contributed by atoms with Crippen molar-refractivity contribution in [3.8, 4) is 0 Å². The van der Waals surface area contributed by atoms with Crippen molar-refractivity contribution in [1.82, 2.24) is 30.2 Å². The van der Waals surface area contributed by atoms with Gasteiger partial charge in [0.1, 0.15) is 0 Å². The quantitative estimate of drug-likeness (QED) is 0.414. The van der Waals surface area contributed by atoms with Gasteiger partial charge in [0, 0.05) is 50.3 Å². The van der Waals surface area contributed by atoms with E-state index in [1.807, 2.05) is 34.9 Å². The first-order valence-corrected chi connectivity index (χ1v) is 9.22. The molecule has 7 heteroatoms. The minimum atomic E-state index is 0.661. The zero-order chi connectivity index (χ0) is 18.1.